The van der Waals surface area contributed by atoms with Gasteiger partial charge in [0.05, 0.1) is 9.21 Å². The Labute approximate surface area is 117 Å². The molecular formula is C12H9BrClNOS. The number of anilines is 1. The van der Waals surface area contributed by atoms with E-state index in [1.165, 1.54) is 11.3 Å². The number of carbonyl (C=O) groups excluding carboxylic acids is 1. The summed E-state index contributed by atoms with van der Waals surface area (Å²) in [5.41, 5.74) is 7.75. The van der Waals surface area contributed by atoms with Crippen LogP contribution in [0.2, 0.25) is 4.34 Å². The van der Waals surface area contributed by atoms with E-state index in [2.05, 4.69) is 15.9 Å². The van der Waals surface area contributed by atoms with Crippen molar-refractivity contribution in [2.75, 3.05) is 5.73 Å². The summed E-state index contributed by atoms with van der Waals surface area (Å²) in [5.74, 6) is -0.0574. The third-order valence-electron chi connectivity index (χ3n) is 2.26. The van der Waals surface area contributed by atoms with Crippen LogP contribution in [0.15, 0.2) is 28.7 Å². The molecule has 0 saturated heterocycles. The molecule has 2 N–H and O–H groups in total. The van der Waals surface area contributed by atoms with E-state index in [1.54, 1.807) is 24.3 Å². The van der Waals surface area contributed by atoms with Crippen LogP contribution in [0, 0.1) is 6.92 Å². The number of aryl methyl sites for hydroxylation is 1. The Kier molecular flexibility index (Phi) is 3.56. The third kappa shape index (κ3) is 2.70. The quantitative estimate of drug-likeness (QED) is 0.659. The Morgan fingerprint density at radius 1 is 1.35 bits per heavy atom. The molecule has 0 radical (unpaired) electrons. The first-order valence-electron chi connectivity index (χ1n) is 4.84. The molecule has 2 aromatic rings. The predicted molar refractivity (Wildman–Crippen MR) is 76.1 cm³/mol. The predicted octanol–water partition coefficient (Wildman–Crippen LogP) is 4.29. The maximum absolute atomic E-state index is 12.2. The molecule has 5 heteroatoms. The van der Waals surface area contributed by atoms with Crippen molar-refractivity contribution in [3.8, 4) is 0 Å². The highest BCUT2D eigenvalue weighted by atomic mass is 79.9. The minimum absolute atomic E-state index is 0.0574. The maximum Gasteiger partial charge on any atom is 0.203 e. The number of hydrogen-bond acceptors (Lipinski definition) is 3. The Morgan fingerprint density at radius 2 is 2.06 bits per heavy atom. The van der Waals surface area contributed by atoms with E-state index in [1.807, 2.05) is 6.92 Å². The molecule has 0 aliphatic carbocycles. The molecule has 0 unspecified atom stereocenters. The van der Waals surface area contributed by atoms with E-state index in [-0.39, 0.29) is 5.78 Å². The van der Waals surface area contributed by atoms with Crippen LogP contribution < -0.4 is 5.73 Å². The molecule has 0 aliphatic heterocycles. The molecule has 0 aliphatic rings. The van der Waals surface area contributed by atoms with E-state index >= 15 is 0 Å². The van der Waals surface area contributed by atoms with Crippen LogP contribution in [0.25, 0.3) is 0 Å². The average molecular weight is 331 g/mol. The number of benzene rings is 1. The van der Waals surface area contributed by atoms with E-state index in [0.29, 0.717) is 20.5 Å². The summed E-state index contributed by atoms with van der Waals surface area (Å²) in [4.78, 5) is 12.8. The van der Waals surface area contributed by atoms with Crippen LogP contribution in [-0.2, 0) is 0 Å². The van der Waals surface area contributed by atoms with Gasteiger partial charge in [-0.15, -0.1) is 11.3 Å². The molecule has 0 atom stereocenters. The first-order valence-corrected chi connectivity index (χ1v) is 6.83. The van der Waals surface area contributed by atoms with Crippen molar-refractivity contribution in [2.45, 2.75) is 6.92 Å². The van der Waals surface area contributed by atoms with Crippen molar-refractivity contribution in [3.63, 3.8) is 0 Å². The molecule has 2 rings (SSSR count). The SMILES string of the molecule is Cc1cc(C(=O)c2cc(N)cc(Br)c2)sc1Cl. The van der Waals surface area contributed by atoms with Gasteiger partial charge in [0.1, 0.15) is 0 Å². The van der Waals surface area contributed by atoms with Gasteiger partial charge in [-0.1, -0.05) is 27.5 Å². The van der Waals surface area contributed by atoms with Gasteiger partial charge in [-0.3, -0.25) is 4.79 Å². The largest absolute Gasteiger partial charge is 0.399 e. The summed E-state index contributed by atoms with van der Waals surface area (Å²) < 4.78 is 1.44. The van der Waals surface area contributed by atoms with E-state index in [0.717, 1.165) is 10.0 Å². The van der Waals surface area contributed by atoms with Crippen molar-refractivity contribution in [2.24, 2.45) is 0 Å². The Bertz CT molecular complexity index is 554. The van der Waals surface area contributed by atoms with Crippen LogP contribution >= 0.6 is 38.9 Å². The molecule has 1 heterocycles. The zero-order valence-corrected chi connectivity index (χ0v) is 12.1. The highest BCUT2D eigenvalue weighted by molar-refractivity contribution is 9.10. The second-order valence-electron chi connectivity index (χ2n) is 3.67. The molecule has 1 aromatic carbocycles. The smallest absolute Gasteiger partial charge is 0.203 e. The number of ketones is 1. The fourth-order valence-corrected chi connectivity index (χ4v) is 3.13. The van der Waals surface area contributed by atoms with Crippen molar-refractivity contribution in [1.82, 2.24) is 0 Å². The minimum Gasteiger partial charge on any atom is -0.399 e. The lowest BCUT2D eigenvalue weighted by Gasteiger charge is -2.01. The van der Waals surface area contributed by atoms with E-state index < -0.39 is 0 Å². The highest BCUT2D eigenvalue weighted by Crippen LogP contribution is 2.29. The van der Waals surface area contributed by atoms with Gasteiger partial charge in [-0.2, -0.15) is 0 Å². The summed E-state index contributed by atoms with van der Waals surface area (Å²) in [6.07, 6.45) is 0. The highest BCUT2D eigenvalue weighted by Gasteiger charge is 2.14. The molecule has 0 amide bonds. The Balaban J connectivity index is 2.43. The molecular weight excluding hydrogens is 322 g/mol. The molecule has 0 saturated carbocycles. The number of hydrogen-bond donors (Lipinski definition) is 1. The monoisotopic (exact) mass is 329 g/mol. The van der Waals surface area contributed by atoms with Gasteiger partial charge in [0.25, 0.3) is 0 Å². The van der Waals surface area contributed by atoms with Crippen molar-refractivity contribution >= 4 is 50.3 Å². The third-order valence-corrected chi connectivity index (χ3v) is 4.28. The summed E-state index contributed by atoms with van der Waals surface area (Å²) in [6, 6.07) is 6.97. The van der Waals surface area contributed by atoms with Crippen molar-refractivity contribution < 1.29 is 4.79 Å². The van der Waals surface area contributed by atoms with Crippen LogP contribution in [0.1, 0.15) is 20.8 Å². The standard InChI is InChI=1S/C12H9BrClNOS/c1-6-2-10(17-12(6)14)11(16)7-3-8(13)5-9(15)4-7/h2-5H,15H2,1H3. The number of nitrogens with two attached hydrogens (primary N) is 1. The van der Waals surface area contributed by atoms with E-state index in [9.17, 15) is 4.79 Å². The summed E-state index contributed by atoms with van der Waals surface area (Å²) in [7, 11) is 0. The Hall–Kier alpha value is -0.840. The summed E-state index contributed by atoms with van der Waals surface area (Å²) >= 11 is 10.6. The topological polar surface area (TPSA) is 43.1 Å². The number of thiophene rings is 1. The molecule has 1 aromatic heterocycles. The minimum atomic E-state index is -0.0574. The van der Waals surface area contributed by atoms with Gasteiger partial charge in [0.2, 0.25) is 5.78 Å². The molecule has 0 fully saturated rings. The lowest BCUT2D eigenvalue weighted by molar-refractivity contribution is 0.104. The van der Waals surface area contributed by atoms with Gasteiger partial charge in [0.15, 0.2) is 0 Å². The normalized spacial score (nSPS) is 10.5. The van der Waals surface area contributed by atoms with E-state index in [4.69, 9.17) is 17.3 Å². The van der Waals surface area contributed by atoms with Gasteiger partial charge >= 0.3 is 0 Å². The first-order chi connectivity index (χ1) is 7.97. The molecule has 88 valence electrons. The number of rotatable bonds is 2. The number of halogens is 2. The van der Waals surface area contributed by atoms with Crippen molar-refractivity contribution in [1.29, 1.82) is 0 Å². The number of nitrogen functional groups attached to an aromatic ring is 1. The van der Waals surface area contributed by atoms with Crippen LogP contribution in [-0.4, -0.2) is 5.78 Å². The molecule has 0 bridgehead atoms. The lowest BCUT2D eigenvalue weighted by atomic mass is 10.1. The molecule has 17 heavy (non-hydrogen) atoms. The van der Waals surface area contributed by atoms with Crippen molar-refractivity contribution in [3.05, 3.63) is 49.1 Å². The summed E-state index contributed by atoms with van der Waals surface area (Å²) in [6.45, 7) is 1.88. The maximum atomic E-state index is 12.2. The van der Waals surface area contributed by atoms with Crippen LogP contribution in [0.3, 0.4) is 0 Å². The van der Waals surface area contributed by atoms with Gasteiger partial charge < -0.3 is 5.73 Å². The van der Waals surface area contributed by atoms with Crippen LogP contribution in [0.5, 0.6) is 0 Å². The second-order valence-corrected chi connectivity index (χ2v) is 6.24. The van der Waals surface area contributed by atoms with Gasteiger partial charge in [-0.25, -0.2) is 0 Å². The molecule has 0 spiro atoms. The second kappa shape index (κ2) is 4.80. The average Bonchev–Trinajstić information content (AvgIpc) is 2.57. The van der Waals surface area contributed by atoms with Gasteiger partial charge in [-0.05, 0) is 36.8 Å². The Morgan fingerprint density at radius 3 is 2.59 bits per heavy atom. The first kappa shape index (κ1) is 12.6. The number of carbonyl (C=O) groups is 1. The molecule has 2 nitrogen and oxygen atoms in total. The van der Waals surface area contributed by atoms with Crippen LogP contribution in [0.4, 0.5) is 5.69 Å². The van der Waals surface area contributed by atoms with Gasteiger partial charge in [0, 0.05) is 15.7 Å². The fraction of sp³-hybridized carbons (Fsp3) is 0.0833. The lowest BCUT2D eigenvalue weighted by Crippen LogP contribution is -2.00. The summed E-state index contributed by atoms with van der Waals surface area (Å²) in [5, 5.41) is 0. The zero-order chi connectivity index (χ0) is 12.6. The zero-order valence-electron chi connectivity index (χ0n) is 8.96. The fourth-order valence-electron chi connectivity index (χ4n) is 1.46.